The van der Waals surface area contributed by atoms with Crippen molar-refractivity contribution in [3.05, 3.63) is 65.7 Å². The maximum absolute atomic E-state index is 6.48. The van der Waals surface area contributed by atoms with Gasteiger partial charge in [-0.3, -0.25) is 0 Å². The summed E-state index contributed by atoms with van der Waals surface area (Å²) in [7, 11) is -0.316. The van der Waals surface area contributed by atoms with Gasteiger partial charge in [-0.2, -0.15) is 0 Å². The Hall–Kier alpha value is -2.10. The predicted molar refractivity (Wildman–Crippen MR) is 143 cm³/mol. The highest BCUT2D eigenvalue weighted by molar-refractivity contribution is 6.62. The molecule has 0 aromatic heterocycles. The van der Waals surface area contributed by atoms with Crippen molar-refractivity contribution in [3.8, 4) is 11.1 Å². The van der Waals surface area contributed by atoms with Gasteiger partial charge >= 0.3 is 7.12 Å². The summed E-state index contributed by atoms with van der Waals surface area (Å²) in [6.45, 7) is 8.58. The van der Waals surface area contributed by atoms with Gasteiger partial charge < -0.3 is 9.31 Å². The molecule has 1 heterocycles. The lowest BCUT2D eigenvalue weighted by molar-refractivity contribution is -0.0398. The number of hydrogen-bond donors (Lipinski definition) is 0. The van der Waals surface area contributed by atoms with E-state index in [1.54, 1.807) is 11.1 Å². The predicted octanol–water partition coefficient (Wildman–Crippen LogP) is 6.86. The smallest absolute Gasteiger partial charge is 0.399 e. The molecule has 3 aromatic carbocycles. The second-order valence-electron chi connectivity index (χ2n) is 13.3. The van der Waals surface area contributed by atoms with Crippen LogP contribution in [0.1, 0.15) is 70.9 Å². The summed E-state index contributed by atoms with van der Waals surface area (Å²) < 4.78 is 13.0. The van der Waals surface area contributed by atoms with Gasteiger partial charge in [-0.15, -0.1) is 0 Å². The fourth-order valence-corrected chi connectivity index (χ4v) is 9.03. The van der Waals surface area contributed by atoms with E-state index in [-0.39, 0.29) is 23.7 Å². The molecule has 3 aromatic rings. The molecule has 35 heavy (non-hydrogen) atoms. The third-order valence-corrected chi connectivity index (χ3v) is 11.1. The Bertz CT molecular complexity index is 1340. The van der Waals surface area contributed by atoms with Crippen LogP contribution in [0.5, 0.6) is 0 Å². The molecule has 6 aliphatic rings. The Kier molecular flexibility index (Phi) is 3.97. The van der Waals surface area contributed by atoms with Gasteiger partial charge in [0.15, 0.2) is 0 Å². The van der Waals surface area contributed by atoms with Crippen molar-refractivity contribution in [2.45, 2.75) is 76.4 Å². The first-order chi connectivity index (χ1) is 16.8. The number of rotatable bonds is 1. The normalized spacial score (nSPS) is 35.1. The molecule has 0 amide bonds. The summed E-state index contributed by atoms with van der Waals surface area (Å²) in [6.07, 6.45) is 7.14. The summed E-state index contributed by atoms with van der Waals surface area (Å²) in [6, 6.07) is 21.2. The fourth-order valence-electron chi connectivity index (χ4n) is 9.03. The lowest BCUT2D eigenvalue weighted by atomic mass is 9.43. The van der Waals surface area contributed by atoms with Crippen LogP contribution >= 0.6 is 0 Å². The lowest BCUT2D eigenvalue weighted by Crippen LogP contribution is -2.55. The summed E-state index contributed by atoms with van der Waals surface area (Å²) in [5, 5.41) is 2.73. The molecule has 9 rings (SSSR count). The molecular weight excluding hydrogens is 427 g/mol. The minimum Gasteiger partial charge on any atom is -0.399 e. The molecule has 0 atom stereocenters. The second-order valence-corrected chi connectivity index (χ2v) is 13.3. The minimum atomic E-state index is -0.326. The van der Waals surface area contributed by atoms with Crippen LogP contribution in [0.25, 0.3) is 21.9 Å². The van der Waals surface area contributed by atoms with E-state index in [0.717, 1.165) is 29.1 Å². The molecule has 178 valence electrons. The largest absolute Gasteiger partial charge is 0.494 e. The molecule has 0 radical (unpaired) electrons. The molecule has 2 nitrogen and oxygen atoms in total. The van der Waals surface area contributed by atoms with E-state index in [0.29, 0.717) is 0 Å². The van der Waals surface area contributed by atoms with Crippen LogP contribution in [0.2, 0.25) is 0 Å². The van der Waals surface area contributed by atoms with E-state index in [1.807, 2.05) is 0 Å². The maximum atomic E-state index is 6.48. The molecular formula is C32H35BO2. The van der Waals surface area contributed by atoms with Crippen LogP contribution < -0.4 is 5.46 Å². The Labute approximate surface area is 209 Å². The summed E-state index contributed by atoms with van der Waals surface area (Å²) in [4.78, 5) is 0. The molecule has 0 N–H and O–H groups in total. The zero-order valence-corrected chi connectivity index (χ0v) is 21.4. The average molecular weight is 462 g/mol. The Morgan fingerprint density at radius 2 is 1.23 bits per heavy atom. The molecule has 3 heteroatoms. The van der Waals surface area contributed by atoms with Gasteiger partial charge in [0.1, 0.15) is 0 Å². The molecule has 4 bridgehead atoms. The van der Waals surface area contributed by atoms with Crippen LogP contribution in [0, 0.1) is 23.7 Å². The number of fused-ring (bicyclic) bond motifs is 4. The molecule has 0 unspecified atom stereocenters. The molecule has 5 aliphatic carbocycles. The van der Waals surface area contributed by atoms with Crippen molar-refractivity contribution in [2.24, 2.45) is 23.7 Å². The zero-order chi connectivity index (χ0) is 23.7. The van der Waals surface area contributed by atoms with Crippen LogP contribution in [0.4, 0.5) is 0 Å². The average Bonchev–Trinajstić information content (AvgIpc) is 3.22. The first kappa shape index (κ1) is 21.0. The van der Waals surface area contributed by atoms with Crippen LogP contribution in [-0.2, 0) is 14.7 Å². The van der Waals surface area contributed by atoms with Gasteiger partial charge in [0.2, 0.25) is 0 Å². The Morgan fingerprint density at radius 1 is 0.657 bits per heavy atom. The van der Waals surface area contributed by atoms with Gasteiger partial charge in [0.05, 0.1) is 11.2 Å². The summed E-state index contributed by atoms with van der Waals surface area (Å²) in [5.41, 5.74) is 6.80. The van der Waals surface area contributed by atoms with E-state index in [4.69, 9.17) is 9.31 Å². The van der Waals surface area contributed by atoms with Crippen LogP contribution in [-0.4, -0.2) is 18.3 Å². The van der Waals surface area contributed by atoms with Crippen molar-refractivity contribution in [2.75, 3.05) is 0 Å². The third-order valence-electron chi connectivity index (χ3n) is 11.1. The van der Waals surface area contributed by atoms with Gasteiger partial charge in [-0.05, 0) is 134 Å². The monoisotopic (exact) mass is 462 g/mol. The molecule has 5 fully saturated rings. The van der Waals surface area contributed by atoms with Gasteiger partial charge in [0, 0.05) is 5.41 Å². The van der Waals surface area contributed by atoms with Gasteiger partial charge in [-0.1, -0.05) is 42.5 Å². The van der Waals surface area contributed by atoms with Crippen LogP contribution in [0.15, 0.2) is 54.6 Å². The minimum absolute atomic E-state index is 0.191. The Balaban J connectivity index is 1.35. The van der Waals surface area contributed by atoms with Crippen molar-refractivity contribution in [1.29, 1.82) is 0 Å². The standard InChI is InChI=1S/C32H35BO2/c1-30(2)31(3,4)35-33(34-30)25-9-10-28-27(18-25)26-16-21-7-5-6-8-22(21)17-29(26)32(28)23-12-19-11-20(14-23)15-24(32)13-19/h5-10,16-20,23-24H,11-15H2,1-4H3. The van der Waals surface area contributed by atoms with Gasteiger partial charge in [0.25, 0.3) is 0 Å². The van der Waals surface area contributed by atoms with E-state index in [1.165, 1.54) is 54.0 Å². The molecule has 1 aliphatic heterocycles. The van der Waals surface area contributed by atoms with Gasteiger partial charge in [-0.25, -0.2) is 0 Å². The molecule has 4 saturated carbocycles. The lowest BCUT2D eigenvalue weighted by Gasteiger charge is -2.61. The molecule has 1 spiro atoms. The highest BCUT2D eigenvalue weighted by atomic mass is 16.7. The zero-order valence-electron chi connectivity index (χ0n) is 21.4. The van der Waals surface area contributed by atoms with Crippen molar-refractivity contribution in [3.63, 3.8) is 0 Å². The van der Waals surface area contributed by atoms with E-state index in [9.17, 15) is 0 Å². The highest BCUT2D eigenvalue weighted by Crippen LogP contribution is 2.69. The van der Waals surface area contributed by atoms with Crippen molar-refractivity contribution < 1.29 is 9.31 Å². The van der Waals surface area contributed by atoms with E-state index in [2.05, 4.69) is 82.3 Å². The van der Waals surface area contributed by atoms with Crippen LogP contribution in [0.3, 0.4) is 0 Å². The van der Waals surface area contributed by atoms with Crippen molar-refractivity contribution in [1.82, 2.24) is 0 Å². The van der Waals surface area contributed by atoms with E-state index >= 15 is 0 Å². The molecule has 1 saturated heterocycles. The maximum Gasteiger partial charge on any atom is 0.494 e. The number of benzene rings is 3. The SMILES string of the molecule is CC1(C)OB(c2ccc3c(c2)-c2cc4ccccc4cc2C32C3CC4CC(C3)CC2C4)OC1(C)C. The fraction of sp³-hybridized carbons (Fsp3) is 0.500. The topological polar surface area (TPSA) is 18.5 Å². The Morgan fingerprint density at radius 3 is 1.86 bits per heavy atom. The summed E-state index contributed by atoms with van der Waals surface area (Å²) >= 11 is 0. The number of hydrogen-bond acceptors (Lipinski definition) is 2. The first-order valence-electron chi connectivity index (χ1n) is 13.8. The summed E-state index contributed by atoms with van der Waals surface area (Å²) in [5.74, 6) is 3.48. The first-order valence-corrected chi connectivity index (χ1v) is 13.8. The van der Waals surface area contributed by atoms with Crippen molar-refractivity contribution >= 4 is 23.4 Å². The van der Waals surface area contributed by atoms with E-state index < -0.39 is 0 Å². The second kappa shape index (κ2) is 6.61. The highest BCUT2D eigenvalue weighted by Gasteiger charge is 2.62. The quantitative estimate of drug-likeness (QED) is 0.368. The third kappa shape index (κ3) is 2.59.